The molecule has 130 valence electrons. The number of hydrogen-bond acceptors (Lipinski definition) is 3. The molecule has 24 heavy (non-hydrogen) atoms. The van der Waals surface area contributed by atoms with Gasteiger partial charge < -0.3 is 9.84 Å². The Morgan fingerprint density at radius 2 is 1.75 bits per heavy atom. The molecule has 0 bridgehead atoms. The lowest BCUT2D eigenvalue weighted by atomic mass is 10.1. The first-order valence-corrected chi connectivity index (χ1v) is 7.92. The van der Waals surface area contributed by atoms with Gasteiger partial charge in [-0.05, 0) is 37.7 Å². The molecule has 1 N–H and O–H groups in total. The van der Waals surface area contributed by atoms with Crippen LogP contribution in [0.4, 0.5) is 8.78 Å². The fraction of sp³-hybridized carbons (Fsp3) is 0.368. The third kappa shape index (κ3) is 5.37. The molecule has 2 aromatic rings. The minimum atomic E-state index is -0.690. The van der Waals surface area contributed by atoms with Gasteiger partial charge in [0.1, 0.15) is 11.6 Å². The number of aliphatic hydroxyl groups excluding tert-OH is 1. The van der Waals surface area contributed by atoms with Crippen molar-refractivity contribution in [3.05, 3.63) is 71.3 Å². The molecule has 0 saturated carbocycles. The number of aliphatic hydroxyl groups is 1. The summed E-state index contributed by atoms with van der Waals surface area (Å²) in [5, 5.41) is 10.1. The van der Waals surface area contributed by atoms with Crippen molar-refractivity contribution in [3.63, 3.8) is 0 Å². The summed E-state index contributed by atoms with van der Waals surface area (Å²) in [6, 6.07) is 12.8. The van der Waals surface area contributed by atoms with Crippen LogP contribution in [0.2, 0.25) is 0 Å². The first-order chi connectivity index (χ1) is 11.5. The van der Waals surface area contributed by atoms with E-state index in [1.54, 1.807) is 30.3 Å². The summed E-state index contributed by atoms with van der Waals surface area (Å²) in [6.07, 6.45) is -0.690. The van der Waals surface area contributed by atoms with Crippen LogP contribution in [-0.4, -0.2) is 36.3 Å². The molecule has 0 aliphatic heterocycles. The predicted octanol–water partition coefficient (Wildman–Crippen LogP) is 3.54. The van der Waals surface area contributed by atoms with Crippen LogP contribution in [-0.2, 0) is 11.3 Å². The van der Waals surface area contributed by atoms with Crippen LogP contribution in [0.3, 0.4) is 0 Å². The second-order valence-electron chi connectivity index (χ2n) is 5.93. The lowest BCUT2D eigenvalue weighted by Crippen LogP contribution is -2.34. The summed E-state index contributed by atoms with van der Waals surface area (Å²) in [5.74, 6) is -0.579. The van der Waals surface area contributed by atoms with Crippen molar-refractivity contribution in [2.24, 2.45) is 0 Å². The minimum Gasteiger partial charge on any atom is -0.389 e. The van der Waals surface area contributed by atoms with E-state index in [4.69, 9.17) is 4.74 Å². The maximum Gasteiger partial charge on any atom is 0.128 e. The monoisotopic (exact) mass is 335 g/mol. The van der Waals surface area contributed by atoms with E-state index in [1.807, 2.05) is 18.9 Å². The number of nitrogens with zero attached hydrogens (tertiary/aromatic N) is 1. The van der Waals surface area contributed by atoms with Crippen molar-refractivity contribution in [2.75, 3.05) is 20.2 Å². The maximum absolute atomic E-state index is 13.5. The van der Waals surface area contributed by atoms with Gasteiger partial charge in [0.2, 0.25) is 0 Å². The second-order valence-corrected chi connectivity index (χ2v) is 5.93. The zero-order valence-corrected chi connectivity index (χ0v) is 14.0. The molecule has 3 nitrogen and oxygen atoms in total. The average Bonchev–Trinajstić information content (AvgIpc) is 2.56. The third-order valence-corrected chi connectivity index (χ3v) is 4.04. The Balaban J connectivity index is 1.77. The summed E-state index contributed by atoms with van der Waals surface area (Å²) in [4.78, 5) is 1.96. The Hall–Kier alpha value is -1.82. The summed E-state index contributed by atoms with van der Waals surface area (Å²) in [5.41, 5.74) is 1.44. The Labute approximate surface area is 141 Å². The van der Waals surface area contributed by atoms with Gasteiger partial charge in [-0.15, -0.1) is 0 Å². The fourth-order valence-electron chi connectivity index (χ4n) is 2.46. The molecule has 2 rings (SSSR count). The SMILES string of the molecule is CC(c1ccc(F)cc1)N(C)CC(O)COCc1ccccc1F. The van der Waals surface area contributed by atoms with Gasteiger partial charge in [0.15, 0.2) is 0 Å². The number of rotatable bonds is 8. The van der Waals surface area contributed by atoms with Gasteiger partial charge in [0.05, 0.1) is 19.3 Å². The molecule has 0 aliphatic rings. The third-order valence-electron chi connectivity index (χ3n) is 4.04. The molecule has 0 amide bonds. The highest BCUT2D eigenvalue weighted by molar-refractivity contribution is 5.19. The number of likely N-dealkylation sites (N-methyl/N-ethyl adjacent to an activating group) is 1. The zero-order valence-electron chi connectivity index (χ0n) is 14.0. The molecule has 0 radical (unpaired) electrons. The van der Waals surface area contributed by atoms with Crippen molar-refractivity contribution in [1.82, 2.24) is 4.90 Å². The van der Waals surface area contributed by atoms with E-state index in [2.05, 4.69) is 0 Å². The number of hydrogen-bond donors (Lipinski definition) is 1. The predicted molar refractivity (Wildman–Crippen MR) is 89.5 cm³/mol. The highest BCUT2D eigenvalue weighted by Crippen LogP contribution is 2.19. The lowest BCUT2D eigenvalue weighted by Gasteiger charge is -2.27. The molecule has 0 saturated heterocycles. The van der Waals surface area contributed by atoms with Gasteiger partial charge >= 0.3 is 0 Å². The first kappa shape index (κ1) is 18.5. The summed E-state index contributed by atoms with van der Waals surface area (Å²) in [6.45, 7) is 2.63. The van der Waals surface area contributed by atoms with Crippen LogP contribution in [0.5, 0.6) is 0 Å². The van der Waals surface area contributed by atoms with E-state index >= 15 is 0 Å². The van der Waals surface area contributed by atoms with Gasteiger partial charge in [-0.3, -0.25) is 4.90 Å². The van der Waals surface area contributed by atoms with Crippen molar-refractivity contribution in [3.8, 4) is 0 Å². The van der Waals surface area contributed by atoms with Crippen molar-refractivity contribution >= 4 is 0 Å². The van der Waals surface area contributed by atoms with Gasteiger partial charge in [-0.25, -0.2) is 8.78 Å². The molecule has 2 aromatic carbocycles. The van der Waals surface area contributed by atoms with E-state index in [0.717, 1.165) is 5.56 Å². The van der Waals surface area contributed by atoms with Crippen molar-refractivity contribution in [1.29, 1.82) is 0 Å². The van der Waals surface area contributed by atoms with Crippen LogP contribution in [0.25, 0.3) is 0 Å². The second kappa shape index (κ2) is 8.87. The minimum absolute atomic E-state index is 0.0341. The topological polar surface area (TPSA) is 32.7 Å². The van der Waals surface area contributed by atoms with Crippen LogP contribution < -0.4 is 0 Å². The van der Waals surface area contributed by atoms with Gasteiger partial charge in [-0.2, -0.15) is 0 Å². The number of benzene rings is 2. The van der Waals surface area contributed by atoms with Gasteiger partial charge in [0.25, 0.3) is 0 Å². The molecule has 0 aromatic heterocycles. The molecule has 0 spiro atoms. The van der Waals surface area contributed by atoms with Crippen molar-refractivity contribution in [2.45, 2.75) is 25.7 Å². The van der Waals surface area contributed by atoms with Gasteiger partial charge in [0, 0.05) is 18.2 Å². The quantitative estimate of drug-likeness (QED) is 0.801. The van der Waals surface area contributed by atoms with Crippen molar-refractivity contribution < 1.29 is 18.6 Å². The Bertz CT molecular complexity index is 634. The zero-order chi connectivity index (χ0) is 17.5. The van der Waals surface area contributed by atoms with E-state index in [9.17, 15) is 13.9 Å². The summed E-state index contributed by atoms with van der Waals surface area (Å²) < 4.78 is 31.8. The molecule has 0 heterocycles. The van der Waals surface area contributed by atoms with Crippen LogP contribution in [0.15, 0.2) is 48.5 Å². The maximum atomic E-state index is 13.5. The van der Waals surface area contributed by atoms with E-state index < -0.39 is 6.10 Å². The highest BCUT2D eigenvalue weighted by atomic mass is 19.1. The number of ether oxygens (including phenoxy) is 1. The first-order valence-electron chi connectivity index (χ1n) is 7.92. The van der Waals surface area contributed by atoms with E-state index in [-0.39, 0.29) is 30.9 Å². The summed E-state index contributed by atoms with van der Waals surface area (Å²) in [7, 11) is 1.88. The normalized spacial score (nSPS) is 13.9. The molecule has 2 atom stereocenters. The largest absolute Gasteiger partial charge is 0.389 e. The lowest BCUT2D eigenvalue weighted by molar-refractivity contribution is 0.00778. The van der Waals surface area contributed by atoms with E-state index in [0.29, 0.717) is 12.1 Å². The molecule has 0 aliphatic carbocycles. The van der Waals surface area contributed by atoms with Crippen LogP contribution >= 0.6 is 0 Å². The number of halogens is 2. The molecular formula is C19H23F2NO2. The molecule has 2 unspecified atom stereocenters. The van der Waals surface area contributed by atoms with Crippen LogP contribution in [0.1, 0.15) is 24.1 Å². The molecule has 5 heteroatoms. The Morgan fingerprint density at radius 3 is 2.42 bits per heavy atom. The Kier molecular flexibility index (Phi) is 6.85. The molecule has 0 fully saturated rings. The Morgan fingerprint density at radius 1 is 1.08 bits per heavy atom. The van der Waals surface area contributed by atoms with E-state index in [1.165, 1.54) is 18.2 Å². The van der Waals surface area contributed by atoms with Crippen LogP contribution in [0, 0.1) is 11.6 Å². The molecular weight excluding hydrogens is 312 g/mol. The highest BCUT2D eigenvalue weighted by Gasteiger charge is 2.16. The fourth-order valence-corrected chi connectivity index (χ4v) is 2.46. The standard InChI is InChI=1S/C19H23F2NO2/c1-14(15-7-9-17(20)10-8-15)22(2)11-18(23)13-24-12-16-5-3-4-6-19(16)21/h3-10,14,18,23H,11-13H2,1-2H3. The van der Waals surface area contributed by atoms with Gasteiger partial charge in [-0.1, -0.05) is 30.3 Å². The summed E-state index contributed by atoms with van der Waals surface area (Å²) >= 11 is 0. The average molecular weight is 335 g/mol. The smallest absolute Gasteiger partial charge is 0.128 e.